The molecule has 15 heavy (non-hydrogen) atoms. The molecular weight excluding hydrogens is 186 g/mol. The van der Waals surface area contributed by atoms with Crippen molar-refractivity contribution in [3.63, 3.8) is 0 Å². The van der Waals surface area contributed by atoms with Crippen molar-refractivity contribution in [3.05, 3.63) is 29.8 Å². The van der Waals surface area contributed by atoms with E-state index in [9.17, 15) is 4.79 Å². The van der Waals surface area contributed by atoms with Gasteiger partial charge in [0.1, 0.15) is 0 Å². The number of carbonyl (C=O) groups is 1. The monoisotopic (exact) mass is 203 g/mol. The molecule has 2 atom stereocenters. The Balaban J connectivity index is 2.38. The van der Waals surface area contributed by atoms with Crippen molar-refractivity contribution in [2.75, 3.05) is 5.32 Å². The van der Waals surface area contributed by atoms with Crippen LogP contribution in [0.2, 0.25) is 0 Å². The van der Waals surface area contributed by atoms with Crippen molar-refractivity contribution >= 4 is 11.6 Å². The molecule has 1 N–H and O–H groups in total. The van der Waals surface area contributed by atoms with Gasteiger partial charge in [-0.05, 0) is 23.5 Å². The van der Waals surface area contributed by atoms with Crippen LogP contribution in [0.1, 0.15) is 32.3 Å². The zero-order chi connectivity index (χ0) is 11.0. The Hall–Kier alpha value is -1.31. The Kier molecular flexibility index (Phi) is 2.51. The first kappa shape index (κ1) is 10.2. The smallest absolute Gasteiger partial charge is 0.232 e. The van der Waals surface area contributed by atoms with Crippen molar-refractivity contribution in [1.29, 1.82) is 0 Å². The summed E-state index contributed by atoms with van der Waals surface area (Å²) in [4.78, 5) is 11.9. The van der Waals surface area contributed by atoms with Crippen molar-refractivity contribution in [2.24, 2.45) is 11.8 Å². The Labute approximate surface area is 90.7 Å². The van der Waals surface area contributed by atoms with Crippen LogP contribution < -0.4 is 5.32 Å². The molecule has 1 aliphatic heterocycles. The average Bonchev–Trinajstić information content (AvgIpc) is 2.52. The van der Waals surface area contributed by atoms with Gasteiger partial charge < -0.3 is 5.32 Å². The first-order valence-electron chi connectivity index (χ1n) is 5.51. The predicted octanol–water partition coefficient (Wildman–Crippen LogP) is 3.01. The number of carbonyl (C=O) groups excluding carboxylic acids is 1. The lowest BCUT2D eigenvalue weighted by molar-refractivity contribution is -0.118. The van der Waals surface area contributed by atoms with Gasteiger partial charge in [-0.15, -0.1) is 0 Å². The minimum absolute atomic E-state index is 0.0289. The molecule has 1 heterocycles. The SMILES string of the molecule is CC(C)C(C)C1C(=O)Nc2ccccc21. The average molecular weight is 203 g/mol. The molecule has 2 unspecified atom stereocenters. The molecule has 0 spiro atoms. The summed E-state index contributed by atoms with van der Waals surface area (Å²) in [6.45, 7) is 6.48. The minimum atomic E-state index is 0.0289. The molecule has 0 saturated carbocycles. The highest BCUT2D eigenvalue weighted by Crippen LogP contribution is 2.39. The fraction of sp³-hybridized carbons (Fsp3) is 0.462. The summed E-state index contributed by atoms with van der Waals surface area (Å²) in [6, 6.07) is 7.98. The molecule has 1 aromatic rings. The molecule has 0 fully saturated rings. The van der Waals surface area contributed by atoms with Crippen molar-refractivity contribution in [3.8, 4) is 0 Å². The van der Waals surface area contributed by atoms with Crippen molar-refractivity contribution < 1.29 is 4.79 Å². The summed E-state index contributed by atoms with van der Waals surface area (Å²) < 4.78 is 0. The number of para-hydroxylation sites is 1. The molecule has 0 radical (unpaired) electrons. The molecule has 0 bridgehead atoms. The molecule has 1 aliphatic rings. The molecule has 0 saturated heterocycles. The van der Waals surface area contributed by atoms with Gasteiger partial charge >= 0.3 is 0 Å². The lowest BCUT2D eigenvalue weighted by atomic mass is 9.81. The van der Waals surface area contributed by atoms with Crippen LogP contribution in [0.25, 0.3) is 0 Å². The largest absolute Gasteiger partial charge is 0.325 e. The third-order valence-electron chi connectivity index (χ3n) is 3.41. The maximum absolute atomic E-state index is 11.9. The van der Waals surface area contributed by atoms with E-state index in [-0.39, 0.29) is 11.8 Å². The van der Waals surface area contributed by atoms with E-state index in [1.807, 2.05) is 18.2 Å². The molecule has 0 aliphatic carbocycles. The number of hydrogen-bond donors (Lipinski definition) is 1. The number of nitrogens with one attached hydrogen (secondary N) is 1. The maximum atomic E-state index is 11.9. The van der Waals surface area contributed by atoms with Crippen LogP contribution in [-0.4, -0.2) is 5.91 Å². The Morgan fingerprint density at radius 2 is 1.87 bits per heavy atom. The van der Waals surface area contributed by atoms with E-state index >= 15 is 0 Å². The summed E-state index contributed by atoms with van der Waals surface area (Å²) >= 11 is 0. The van der Waals surface area contributed by atoms with E-state index in [0.29, 0.717) is 11.8 Å². The number of rotatable bonds is 2. The summed E-state index contributed by atoms with van der Waals surface area (Å²) in [5.74, 6) is 1.08. The minimum Gasteiger partial charge on any atom is -0.325 e. The van der Waals surface area contributed by atoms with Crippen molar-refractivity contribution in [1.82, 2.24) is 0 Å². The van der Waals surface area contributed by atoms with E-state index in [1.54, 1.807) is 0 Å². The summed E-state index contributed by atoms with van der Waals surface area (Å²) in [5.41, 5.74) is 2.14. The lowest BCUT2D eigenvalue weighted by Gasteiger charge is -2.21. The zero-order valence-corrected chi connectivity index (χ0v) is 9.45. The van der Waals surface area contributed by atoms with Gasteiger partial charge in [0.2, 0.25) is 5.91 Å². The molecular formula is C13H17NO. The zero-order valence-electron chi connectivity index (χ0n) is 9.45. The third-order valence-corrected chi connectivity index (χ3v) is 3.41. The normalized spacial score (nSPS) is 21.3. The number of fused-ring (bicyclic) bond motifs is 1. The summed E-state index contributed by atoms with van der Waals surface area (Å²) in [7, 11) is 0. The van der Waals surface area contributed by atoms with E-state index in [1.165, 1.54) is 0 Å². The number of amides is 1. The van der Waals surface area contributed by atoms with Crippen LogP contribution in [0.15, 0.2) is 24.3 Å². The number of hydrogen-bond acceptors (Lipinski definition) is 1. The van der Waals surface area contributed by atoms with Gasteiger partial charge in [-0.3, -0.25) is 4.79 Å². The van der Waals surface area contributed by atoms with Crippen molar-refractivity contribution in [2.45, 2.75) is 26.7 Å². The third kappa shape index (κ3) is 1.65. The second-order valence-corrected chi connectivity index (χ2v) is 4.66. The second-order valence-electron chi connectivity index (χ2n) is 4.66. The molecule has 2 nitrogen and oxygen atoms in total. The first-order chi connectivity index (χ1) is 7.11. The fourth-order valence-corrected chi connectivity index (χ4v) is 2.14. The molecule has 0 aromatic heterocycles. The predicted molar refractivity (Wildman–Crippen MR) is 61.8 cm³/mol. The highest BCUT2D eigenvalue weighted by molar-refractivity contribution is 6.03. The fourth-order valence-electron chi connectivity index (χ4n) is 2.14. The Morgan fingerprint density at radius 1 is 1.20 bits per heavy atom. The molecule has 2 heteroatoms. The van der Waals surface area contributed by atoms with E-state index in [0.717, 1.165) is 11.3 Å². The van der Waals surface area contributed by atoms with Crippen LogP contribution in [0, 0.1) is 11.8 Å². The van der Waals surface area contributed by atoms with Gasteiger partial charge in [-0.25, -0.2) is 0 Å². The van der Waals surface area contributed by atoms with Gasteiger partial charge in [0.05, 0.1) is 5.92 Å². The van der Waals surface area contributed by atoms with E-state index < -0.39 is 0 Å². The highest BCUT2D eigenvalue weighted by Gasteiger charge is 2.35. The lowest BCUT2D eigenvalue weighted by Crippen LogP contribution is -2.22. The van der Waals surface area contributed by atoms with Crippen LogP contribution in [0.3, 0.4) is 0 Å². The first-order valence-corrected chi connectivity index (χ1v) is 5.51. The van der Waals surface area contributed by atoms with E-state index in [2.05, 4.69) is 32.2 Å². The molecule has 2 rings (SSSR count). The van der Waals surface area contributed by atoms with Gasteiger partial charge in [-0.1, -0.05) is 39.0 Å². The summed E-state index contributed by atoms with van der Waals surface area (Å²) in [5, 5.41) is 2.94. The van der Waals surface area contributed by atoms with Gasteiger partial charge in [-0.2, -0.15) is 0 Å². The maximum Gasteiger partial charge on any atom is 0.232 e. The molecule has 1 amide bonds. The van der Waals surface area contributed by atoms with Crippen LogP contribution >= 0.6 is 0 Å². The topological polar surface area (TPSA) is 29.1 Å². The van der Waals surface area contributed by atoms with Gasteiger partial charge in [0.25, 0.3) is 0 Å². The quantitative estimate of drug-likeness (QED) is 0.786. The van der Waals surface area contributed by atoms with E-state index in [4.69, 9.17) is 0 Å². The Morgan fingerprint density at radius 3 is 2.53 bits per heavy atom. The van der Waals surface area contributed by atoms with Crippen LogP contribution in [0.5, 0.6) is 0 Å². The number of benzene rings is 1. The van der Waals surface area contributed by atoms with Crippen LogP contribution in [0.4, 0.5) is 5.69 Å². The number of anilines is 1. The second kappa shape index (κ2) is 3.69. The van der Waals surface area contributed by atoms with Gasteiger partial charge in [0.15, 0.2) is 0 Å². The molecule has 80 valence electrons. The Bertz CT molecular complexity index is 384. The highest BCUT2D eigenvalue weighted by atomic mass is 16.2. The standard InChI is InChI=1S/C13H17NO/c1-8(2)9(3)12-10-6-4-5-7-11(10)14-13(12)15/h4-9,12H,1-3H3,(H,14,15). The summed E-state index contributed by atoms with van der Waals surface area (Å²) in [6.07, 6.45) is 0. The van der Waals surface area contributed by atoms with Gasteiger partial charge in [0, 0.05) is 5.69 Å². The molecule has 1 aromatic carbocycles. The van der Waals surface area contributed by atoms with Crippen LogP contribution in [-0.2, 0) is 4.79 Å².